The molecular weight excluding hydrogens is 314 g/mol. The lowest BCUT2D eigenvalue weighted by molar-refractivity contribution is -0.122. The Labute approximate surface area is 138 Å². The van der Waals surface area contributed by atoms with Gasteiger partial charge in [-0.3, -0.25) is 9.59 Å². The summed E-state index contributed by atoms with van der Waals surface area (Å²) < 4.78 is 26.1. The summed E-state index contributed by atoms with van der Waals surface area (Å²) in [6, 6.07) is 9.68. The highest BCUT2D eigenvalue weighted by Gasteiger charge is 2.35. The lowest BCUT2D eigenvalue weighted by Crippen LogP contribution is -2.28. The molecular formula is C18H16F2N2O2. The first-order chi connectivity index (χ1) is 11.4. The quantitative estimate of drug-likeness (QED) is 0.939. The van der Waals surface area contributed by atoms with Crippen LogP contribution in [0.2, 0.25) is 0 Å². The van der Waals surface area contributed by atoms with E-state index in [0.29, 0.717) is 16.9 Å². The number of carbonyl (C=O) groups excluding carboxylic acids is 2. The number of carbonyl (C=O) groups is 2. The van der Waals surface area contributed by atoms with E-state index < -0.39 is 5.92 Å². The third kappa shape index (κ3) is 3.27. The van der Waals surface area contributed by atoms with Crippen LogP contribution in [0.5, 0.6) is 0 Å². The van der Waals surface area contributed by atoms with E-state index in [-0.39, 0.29) is 36.4 Å². The zero-order valence-electron chi connectivity index (χ0n) is 13.1. The molecule has 2 aromatic rings. The minimum absolute atomic E-state index is 0.0868. The van der Waals surface area contributed by atoms with Crippen LogP contribution in [-0.2, 0) is 9.59 Å². The second kappa shape index (κ2) is 6.39. The van der Waals surface area contributed by atoms with Gasteiger partial charge in [0.15, 0.2) is 0 Å². The maximum atomic E-state index is 13.1. The van der Waals surface area contributed by atoms with E-state index in [1.54, 1.807) is 6.92 Å². The van der Waals surface area contributed by atoms with Crippen molar-refractivity contribution in [1.29, 1.82) is 0 Å². The van der Waals surface area contributed by atoms with Crippen LogP contribution in [0.3, 0.4) is 0 Å². The fourth-order valence-electron chi connectivity index (χ4n) is 2.76. The Morgan fingerprint density at radius 1 is 1.12 bits per heavy atom. The normalized spacial score (nSPS) is 17.2. The Balaban J connectivity index is 1.70. The molecule has 1 aliphatic rings. The second-order valence-electron chi connectivity index (χ2n) is 5.83. The maximum absolute atomic E-state index is 13.1. The Hall–Kier alpha value is -2.76. The summed E-state index contributed by atoms with van der Waals surface area (Å²) in [6.07, 6.45) is 0.0868. The predicted molar refractivity (Wildman–Crippen MR) is 86.6 cm³/mol. The molecule has 0 saturated carbocycles. The largest absolute Gasteiger partial charge is 0.326 e. The van der Waals surface area contributed by atoms with Gasteiger partial charge in [-0.05, 0) is 55.0 Å². The average Bonchev–Trinajstić information content (AvgIpc) is 2.93. The predicted octanol–water partition coefficient (Wildman–Crippen LogP) is 3.26. The molecule has 1 atom stereocenters. The summed E-state index contributed by atoms with van der Waals surface area (Å²) in [6.45, 7) is 1.93. The van der Waals surface area contributed by atoms with Crippen molar-refractivity contribution in [3.63, 3.8) is 0 Å². The van der Waals surface area contributed by atoms with Crippen LogP contribution < -0.4 is 10.2 Å². The first-order valence-electron chi connectivity index (χ1n) is 7.57. The van der Waals surface area contributed by atoms with Gasteiger partial charge in [0.2, 0.25) is 11.8 Å². The van der Waals surface area contributed by atoms with Crippen LogP contribution in [0, 0.1) is 24.5 Å². The van der Waals surface area contributed by atoms with Crippen molar-refractivity contribution in [2.24, 2.45) is 5.92 Å². The van der Waals surface area contributed by atoms with E-state index in [2.05, 4.69) is 5.32 Å². The number of nitrogens with one attached hydrogen (secondary N) is 1. The maximum Gasteiger partial charge on any atom is 0.229 e. The molecule has 24 heavy (non-hydrogen) atoms. The van der Waals surface area contributed by atoms with Gasteiger partial charge in [-0.1, -0.05) is 0 Å². The first kappa shape index (κ1) is 16.1. The second-order valence-corrected chi connectivity index (χ2v) is 5.83. The van der Waals surface area contributed by atoms with E-state index in [0.717, 1.165) is 0 Å². The molecule has 2 amide bonds. The number of hydrogen-bond acceptors (Lipinski definition) is 2. The lowest BCUT2D eigenvalue weighted by Gasteiger charge is -2.17. The van der Waals surface area contributed by atoms with Gasteiger partial charge in [0.1, 0.15) is 11.6 Å². The van der Waals surface area contributed by atoms with Crippen molar-refractivity contribution < 1.29 is 18.4 Å². The summed E-state index contributed by atoms with van der Waals surface area (Å²) in [5.41, 5.74) is 1.70. The molecule has 0 unspecified atom stereocenters. The topological polar surface area (TPSA) is 49.4 Å². The van der Waals surface area contributed by atoms with E-state index >= 15 is 0 Å². The number of rotatable bonds is 3. The van der Waals surface area contributed by atoms with E-state index in [4.69, 9.17) is 0 Å². The molecule has 2 aromatic carbocycles. The number of nitrogens with zero attached hydrogens (tertiary/aromatic N) is 1. The molecule has 3 rings (SSSR count). The number of aryl methyl sites for hydroxylation is 1. The van der Waals surface area contributed by atoms with Gasteiger partial charge >= 0.3 is 0 Å². The lowest BCUT2D eigenvalue weighted by atomic mass is 10.1. The van der Waals surface area contributed by atoms with Gasteiger partial charge < -0.3 is 10.2 Å². The van der Waals surface area contributed by atoms with Crippen molar-refractivity contribution in [3.8, 4) is 0 Å². The summed E-state index contributed by atoms with van der Waals surface area (Å²) >= 11 is 0. The fraction of sp³-hybridized carbons (Fsp3) is 0.222. The standard InChI is InChI=1S/C18H16F2N2O2/c1-11-8-14(20)4-7-16(11)21-18(24)12-9-17(23)22(10-12)15-5-2-13(19)3-6-15/h2-8,12H,9-10H2,1H3,(H,21,24)/t12-/m0/s1. The molecule has 0 bridgehead atoms. The molecule has 0 aliphatic carbocycles. The number of halogens is 2. The molecule has 1 N–H and O–H groups in total. The van der Waals surface area contributed by atoms with Gasteiger partial charge in [0, 0.05) is 24.3 Å². The minimum Gasteiger partial charge on any atom is -0.326 e. The van der Waals surface area contributed by atoms with Crippen LogP contribution in [0.15, 0.2) is 42.5 Å². The summed E-state index contributed by atoms with van der Waals surface area (Å²) in [4.78, 5) is 26.0. The highest BCUT2D eigenvalue weighted by atomic mass is 19.1. The minimum atomic E-state index is -0.507. The van der Waals surface area contributed by atoms with Gasteiger partial charge in [-0.25, -0.2) is 8.78 Å². The van der Waals surface area contributed by atoms with E-state index in [9.17, 15) is 18.4 Å². The fourth-order valence-corrected chi connectivity index (χ4v) is 2.76. The SMILES string of the molecule is Cc1cc(F)ccc1NC(=O)[C@H]1CC(=O)N(c2ccc(F)cc2)C1. The smallest absolute Gasteiger partial charge is 0.229 e. The van der Waals surface area contributed by atoms with Crippen LogP contribution in [-0.4, -0.2) is 18.4 Å². The molecule has 124 valence electrons. The molecule has 1 fully saturated rings. The Morgan fingerprint density at radius 2 is 1.79 bits per heavy atom. The number of benzene rings is 2. The van der Waals surface area contributed by atoms with Crippen LogP contribution in [0.25, 0.3) is 0 Å². The zero-order chi connectivity index (χ0) is 17.3. The third-order valence-electron chi connectivity index (χ3n) is 4.08. The number of hydrogen-bond donors (Lipinski definition) is 1. The number of amides is 2. The van der Waals surface area contributed by atoms with Crippen molar-refractivity contribution in [2.75, 3.05) is 16.8 Å². The molecule has 4 nitrogen and oxygen atoms in total. The van der Waals surface area contributed by atoms with E-state index in [1.807, 2.05) is 0 Å². The van der Waals surface area contributed by atoms with Crippen molar-refractivity contribution >= 4 is 23.2 Å². The van der Waals surface area contributed by atoms with Crippen molar-refractivity contribution in [1.82, 2.24) is 0 Å². The van der Waals surface area contributed by atoms with E-state index in [1.165, 1.54) is 47.4 Å². The first-order valence-corrected chi connectivity index (χ1v) is 7.57. The molecule has 1 heterocycles. The van der Waals surface area contributed by atoms with Crippen LogP contribution in [0.1, 0.15) is 12.0 Å². The van der Waals surface area contributed by atoms with Crippen LogP contribution in [0.4, 0.5) is 20.2 Å². The highest BCUT2D eigenvalue weighted by molar-refractivity contribution is 6.03. The number of anilines is 2. The molecule has 6 heteroatoms. The Kier molecular flexibility index (Phi) is 4.29. The van der Waals surface area contributed by atoms with Gasteiger partial charge in [-0.15, -0.1) is 0 Å². The zero-order valence-corrected chi connectivity index (χ0v) is 13.1. The third-order valence-corrected chi connectivity index (χ3v) is 4.08. The molecule has 1 aliphatic heterocycles. The molecule has 0 radical (unpaired) electrons. The van der Waals surface area contributed by atoms with Gasteiger partial charge in [0.25, 0.3) is 0 Å². The Morgan fingerprint density at radius 3 is 2.46 bits per heavy atom. The van der Waals surface area contributed by atoms with Crippen molar-refractivity contribution in [2.45, 2.75) is 13.3 Å². The summed E-state index contributed by atoms with van der Waals surface area (Å²) in [5.74, 6) is -1.73. The molecule has 0 aromatic heterocycles. The molecule has 1 saturated heterocycles. The molecule has 0 spiro atoms. The summed E-state index contributed by atoms with van der Waals surface area (Å²) in [7, 11) is 0. The monoisotopic (exact) mass is 330 g/mol. The van der Waals surface area contributed by atoms with Crippen LogP contribution >= 0.6 is 0 Å². The average molecular weight is 330 g/mol. The van der Waals surface area contributed by atoms with Crippen molar-refractivity contribution in [3.05, 3.63) is 59.7 Å². The highest BCUT2D eigenvalue weighted by Crippen LogP contribution is 2.26. The van der Waals surface area contributed by atoms with Gasteiger partial charge in [0.05, 0.1) is 5.92 Å². The van der Waals surface area contributed by atoms with Gasteiger partial charge in [-0.2, -0.15) is 0 Å². The summed E-state index contributed by atoms with van der Waals surface area (Å²) in [5, 5.41) is 2.74. The Bertz CT molecular complexity index is 790.